The van der Waals surface area contributed by atoms with Gasteiger partial charge in [-0.3, -0.25) is 0 Å². The van der Waals surface area contributed by atoms with Crippen molar-refractivity contribution in [3.05, 3.63) is 35.9 Å². The van der Waals surface area contributed by atoms with Crippen LogP contribution in [-0.4, -0.2) is 50.8 Å². The maximum Gasteiger partial charge on any atom is 0.338 e. The fourth-order valence-corrected chi connectivity index (χ4v) is 2.67. The number of aliphatic hydroxyl groups is 3. The zero-order valence-electron chi connectivity index (χ0n) is 9.47. The molecule has 1 aliphatic rings. The predicted octanol–water partition coefficient (Wildman–Crippen LogP) is -0.001000. The van der Waals surface area contributed by atoms with E-state index in [-0.39, 0.29) is 5.75 Å². The lowest BCUT2D eigenvalue weighted by molar-refractivity contribution is -0.0897. The maximum absolute atomic E-state index is 11.8. The van der Waals surface area contributed by atoms with Gasteiger partial charge in [-0.2, -0.15) is 0 Å². The van der Waals surface area contributed by atoms with Crippen LogP contribution >= 0.6 is 11.8 Å². The Morgan fingerprint density at radius 3 is 2.50 bits per heavy atom. The van der Waals surface area contributed by atoms with Crippen LogP contribution in [0, 0.1) is 0 Å². The Morgan fingerprint density at radius 1 is 1.17 bits per heavy atom. The molecule has 0 radical (unpaired) electrons. The number of carbonyl (C=O) groups is 1. The quantitative estimate of drug-likeness (QED) is 0.656. The van der Waals surface area contributed by atoms with Crippen molar-refractivity contribution in [2.45, 2.75) is 23.7 Å². The largest absolute Gasteiger partial charge is 0.455 e. The van der Waals surface area contributed by atoms with Crippen LogP contribution < -0.4 is 0 Å². The molecule has 0 bridgehead atoms. The average Bonchev–Trinajstić information content (AvgIpc) is 2.40. The van der Waals surface area contributed by atoms with Crippen molar-refractivity contribution < 1.29 is 24.9 Å². The van der Waals surface area contributed by atoms with E-state index in [1.54, 1.807) is 30.3 Å². The minimum absolute atomic E-state index is 0.248. The highest BCUT2D eigenvalue weighted by Crippen LogP contribution is 2.26. The van der Waals surface area contributed by atoms with E-state index in [1.807, 2.05) is 0 Å². The first-order valence-corrected chi connectivity index (χ1v) is 6.56. The Kier molecular flexibility index (Phi) is 4.23. The summed E-state index contributed by atoms with van der Waals surface area (Å²) in [6.07, 6.45) is -3.40. The van der Waals surface area contributed by atoms with Gasteiger partial charge >= 0.3 is 5.97 Å². The third kappa shape index (κ3) is 2.84. The lowest BCUT2D eigenvalue weighted by Gasteiger charge is -2.34. The van der Waals surface area contributed by atoms with Gasteiger partial charge in [0.15, 0.2) is 0 Å². The van der Waals surface area contributed by atoms with Crippen LogP contribution in [0.4, 0.5) is 0 Å². The molecule has 1 saturated heterocycles. The summed E-state index contributed by atoms with van der Waals surface area (Å²) in [5, 5.41) is 28.5. The first-order chi connectivity index (χ1) is 8.59. The Balaban J connectivity index is 2.00. The first-order valence-electron chi connectivity index (χ1n) is 5.51. The Bertz CT molecular complexity index is 410. The summed E-state index contributed by atoms with van der Waals surface area (Å²) in [6, 6.07) is 8.41. The Morgan fingerprint density at radius 2 is 1.83 bits per heavy atom. The lowest BCUT2D eigenvalue weighted by Crippen LogP contribution is -2.50. The minimum Gasteiger partial charge on any atom is -0.455 e. The molecule has 1 heterocycles. The molecule has 4 atom stereocenters. The summed E-state index contributed by atoms with van der Waals surface area (Å²) in [4.78, 5) is 11.8. The first kappa shape index (κ1) is 13.4. The van der Waals surface area contributed by atoms with E-state index in [4.69, 9.17) is 4.74 Å². The molecule has 3 N–H and O–H groups in total. The number of ether oxygens (including phenoxy) is 1. The van der Waals surface area contributed by atoms with Crippen LogP contribution in [0.15, 0.2) is 30.3 Å². The zero-order valence-corrected chi connectivity index (χ0v) is 10.3. The van der Waals surface area contributed by atoms with E-state index in [9.17, 15) is 20.1 Å². The highest BCUT2D eigenvalue weighted by Gasteiger charge is 2.39. The van der Waals surface area contributed by atoms with Crippen LogP contribution in [0.25, 0.3) is 0 Å². The molecular weight excluding hydrogens is 256 g/mol. The number of esters is 1. The van der Waals surface area contributed by atoms with Crippen molar-refractivity contribution in [2.75, 3.05) is 5.75 Å². The van der Waals surface area contributed by atoms with Gasteiger partial charge in [-0.1, -0.05) is 18.2 Å². The number of aliphatic hydroxyl groups excluding tert-OH is 3. The van der Waals surface area contributed by atoms with Crippen LogP contribution in [0.1, 0.15) is 10.4 Å². The number of hydrogen-bond acceptors (Lipinski definition) is 6. The SMILES string of the molecule is O=C(O[C@H]1CSC(O)[C@H](O)[C@H]1O)c1ccccc1. The van der Waals surface area contributed by atoms with Gasteiger partial charge in [0.2, 0.25) is 0 Å². The summed E-state index contributed by atoms with van der Waals surface area (Å²) in [5.41, 5.74) is -0.665. The molecular formula is C12H14O5S. The second kappa shape index (κ2) is 5.71. The third-order valence-electron chi connectivity index (χ3n) is 2.72. The standard InChI is InChI=1S/C12H14O5S/c13-9-8(6-18-12(16)10(9)14)17-11(15)7-4-2-1-3-5-7/h1-5,8-10,12-14,16H,6H2/t8-,9-,10+,12?/m0/s1. The number of carbonyl (C=O) groups excluding carboxylic acids is 1. The Labute approximate surface area is 108 Å². The average molecular weight is 270 g/mol. The van der Waals surface area contributed by atoms with Gasteiger partial charge in [0, 0.05) is 5.75 Å². The second-order valence-electron chi connectivity index (χ2n) is 4.01. The number of benzene rings is 1. The normalized spacial score (nSPS) is 31.9. The topological polar surface area (TPSA) is 87.0 Å². The molecule has 18 heavy (non-hydrogen) atoms. The van der Waals surface area contributed by atoms with Crippen LogP contribution in [0.3, 0.4) is 0 Å². The molecule has 98 valence electrons. The minimum atomic E-state index is -1.31. The molecule has 1 aromatic rings. The summed E-state index contributed by atoms with van der Waals surface area (Å²) in [5.74, 6) is -0.304. The van der Waals surface area contributed by atoms with Crippen LogP contribution in [-0.2, 0) is 4.74 Å². The molecule has 1 fully saturated rings. The van der Waals surface area contributed by atoms with Crippen molar-refractivity contribution >= 4 is 17.7 Å². The fraction of sp³-hybridized carbons (Fsp3) is 0.417. The second-order valence-corrected chi connectivity index (χ2v) is 5.16. The van der Waals surface area contributed by atoms with Gasteiger partial charge < -0.3 is 20.1 Å². The van der Waals surface area contributed by atoms with Crippen molar-refractivity contribution in [3.63, 3.8) is 0 Å². The fourth-order valence-electron chi connectivity index (χ4n) is 1.66. The van der Waals surface area contributed by atoms with Gasteiger partial charge in [-0.15, -0.1) is 11.8 Å². The van der Waals surface area contributed by atoms with Crippen LogP contribution in [0.2, 0.25) is 0 Å². The van der Waals surface area contributed by atoms with Gasteiger partial charge in [-0.25, -0.2) is 4.79 Å². The van der Waals surface area contributed by atoms with Crippen molar-refractivity contribution in [3.8, 4) is 0 Å². The molecule has 6 heteroatoms. The van der Waals surface area contributed by atoms with E-state index in [1.165, 1.54) is 0 Å². The molecule has 0 saturated carbocycles. The van der Waals surface area contributed by atoms with Crippen LogP contribution in [0.5, 0.6) is 0 Å². The molecule has 5 nitrogen and oxygen atoms in total. The molecule has 1 unspecified atom stereocenters. The monoisotopic (exact) mass is 270 g/mol. The molecule has 0 amide bonds. The van der Waals surface area contributed by atoms with Gasteiger partial charge in [0.05, 0.1) is 5.56 Å². The number of rotatable bonds is 2. The van der Waals surface area contributed by atoms with E-state index in [2.05, 4.69) is 0 Å². The van der Waals surface area contributed by atoms with E-state index >= 15 is 0 Å². The van der Waals surface area contributed by atoms with E-state index in [0.29, 0.717) is 5.56 Å². The summed E-state index contributed by atoms with van der Waals surface area (Å²) >= 11 is 1.04. The van der Waals surface area contributed by atoms with Gasteiger partial charge in [-0.05, 0) is 12.1 Å². The molecule has 0 spiro atoms. The summed E-state index contributed by atoms with van der Waals surface area (Å²) in [7, 11) is 0. The van der Waals surface area contributed by atoms with E-state index in [0.717, 1.165) is 11.8 Å². The number of thioether (sulfide) groups is 1. The highest BCUT2D eigenvalue weighted by atomic mass is 32.2. The van der Waals surface area contributed by atoms with E-state index < -0.39 is 29.7 Å². The molecule has 1 aliphatic heterocycles. The number of hydrogen-bond donors (Lipinski definition) is 3. The predicted molar refractivity (Wildman–Crippen MR) is 66.1 cm³/mol. The van der Waals surface area contributed by atoms with Gasteiger partial charge in [0.25, 0.3) is 0 Å². The lowest BCUT2D eigenvalue weighted by atomic mass is 10.1. The smallest absolute Gasteiger partial charge is 0.338 e. The summed E-state index contributed by atoms with van der Waals surface area (Å²) < 4.78 is 5.13. The maximum atomic E-state index is 11.8. The Hall–Kier alpha value is -1.08. The summed E-state index contributed by atoms with van der Waals surface area (Å²) in [6.45, 7) is 0. The molecule has 1 aromatic carbocycles. The van der Waals surface area contributed by atoms with Crippen molar-refractivity contribution in [1.82, 2.24) is 0 Å². The van der Waals surface area contributed by atoms with Crippen molar-refractivity contribution in [1.29, 1.82) is 0 Å². The van der Waals surface area contributed by atoms with Gasteiger partial charge in [0.1, 0.15) is 23.7 Å². The van der Waals surface area contributed by atoms with Crippen molar-refractivity contribution in [2.24, 2.45) is 0 Å². The molecule has 0 aromatic heterocycles. The highest BCUT2D eigenvalue weighted by molar-refractivity contribution is 7.99. The third-order valence-corrected chi connectivity index (χ3v) is 3.86. The molecule has 2 rings (SSSR count). The zero-order chi connectivity index (χ0) is 13.1. The molecule has 0 aliphatic carbocycles.